The molecule has 1 nitrogen and oxygen atoms in total. The average molecular weight is 253 g/mol. The van der Waals surface area contributed by atoms with Crippen LogP contribution in [0.25, 0.3) is 0 Å². The first-order chi connectivity index (χ1) is 9.03. The topological polar surface area (TPSA) is 12.0 Å². The van der Waals surface area contributed by atoms with Gasteiger partial charge in [-0.2, -0.15) is 0 Å². The number of hydrogen-bond acceptors (Lipinski definition) is 1. The molecule has 0 amide bonds. The fourth-order valence-corrected chi connectivity index (χ4v) is 1.97. The van der Waals surface area contributed by atoms with Crippen LogP contribution < -0.4 is 5.32 Å². The molecule has 0 aliphatic carbocycles. The van der Waals surface area contributed by atoms with Crippen molar-refractivity contribution in [2.24, 2.45) is 0 Å². The molecule has 19 heavy (non-hydrogen) atoms. The predicted molar refractivity (Wildman–Crippen MR) is 86.2 cm³/mol. The second-order valence-electron chi connectivity index (χ2n) is 5.44. The molecule has 0 saturated carbocycles. The van der Waals surface area contributed by atoms with Crippen LogP contribution in [-0.2, 0) is 5.41 Å². The maximum atomic E-state index is 3.89. The number of hydrogen-bond donors (Lipinski definition) is 1. The molecule has 0 unspecified atom stereocenters. The summed E-state index contributed by atoms with van der Waals surface area (Å²) in [5.74, 6) is 0. The van der Waals surface area contributed by atoms with E-state index in [1.807, 2.05) is 12.1 Å². The van der Waals surface area contributed by atoms with Crippen LogP contribution >= 0.6 is 0 Å². The molecule has 2 aromatic carbocycles. The van der Waals surface area contributed by atoms with Crippen molar-refractivity contribution in [3.63, 3.8) is 0 Å². The lowest BCUT2D eigenvalue weighted by Gasteiger charge is -2.20. The summed E-state index contributed by atoms with van der Waals surface area (Å²) in [4.78, 5) is 0. The summed E-state index contributed by atoms with van der Waals surface area (Å²) in [5, 5.41) is 3.44. The molecule has 2 rings (SSSR count). The molecule has 100 valence electrons. The number of allylic oxidation sites excluding steroid dienone is 1. The van der Waals surface area contributed by atoms with Gasteiger partial charge in [-0.05, 0) is 36.2 Å². The van der Waals surface area contributed by atoms with Crippen molar-refractivity contribution in [3.05, 3.63) is 72.3 Å². The molecule has 1 N–H and O–H groups in total. The molecule has 0 spiro atoms. The average Bonchev–Trinajstić information content (AvgIpc) is 2.42. The van der Waals surface area contributed by atoms with E-state index in [9.17, 15) is 0 Å². The summed E-state index contributed by atoms with van der Waals surface area (Å²) in [6.45, 7) is 10.3. The Morgan fingerprint density at radius 1 is 1.05 bits per heavy atom. The van der Waals surface area contributed by atoms with Crippen LogP contribution in [0.1, 0.15) is 26.4 Å². The zero-order valence-corrected chi connectivity index (χ0v) is 11.9. The fraction of sp³-hybridized carbons (Fsp3) is 0.222. The van der Waals surface area contributed by atoms with E-state index in [0.717, 1.165) is 11.4 Å². The molecule has 0 atom stereocenters. The minimum absolute atomic E-state index is 0. The monoisotopic (exact) mass is 253 g/mol. The van der Waals surface area contributed by atoms with Crippen molar-refractivity contribution in [1.82, 2.24) is 0 Å². The lowest BCUT2D eigenvalue weighted by molar-refractivity contribution is 0.672. The van der Waals surface area contributed by atoms with Crippen LogP contribution in [0.15, 0.2) is 61.2 Å². The molecule has 0 aromatic heterocycles. The number of para-hydroxylation sites is 1. The summed E-state index contributed by atoms with van der Waals surface area (Å²) in [6, 6.07) is 16.8. The SMILES string of the molecule is C=CC(C)(C)c1ccc(Nc2ccccc2C)cc1.[HH]. The van der Waals surface area contributed by atoms with E-state index in [-0.39, 0.29) is 6.84 Å². The summed E-state index contributed by atoms with van der Waals surface area (Å²) in [6.07, 6.45) is 1.98. The smallest absolute Gasteiger partial charge is 0.0413 e. The van der Waals surface area contributed by atoms with E-state index >= 15 is 0 Å². The Balaban J connectivity index is 0.00000200. The highest BCUT2D eigenvalue weighted by atomic mass is 14.9. The third kappa shape index (κ3) is 3.05. The van der Waals surface area contributed by atoms with Gasteiger partial charge in [0.15, 0.2) is 0 Å². The van der Waals surface area contributed by atoms with Crippen LogP contribution in [0.2, 0.25) is 0 Å². The fourth-order valence-electron chi connectivity index (χ4n) is 1.97. The molecule has 0 fully saturated rings. The Kier molecular flexibility index (Phi) is 3.75. The van der Waals surface area contributed by atoms with Crippen LogP contribution in [0.3, 0.4) is 0 Å². The van der Waals surface area contributed by atoms with E-state index in [0.29, 0.717) is 0 Å². The zero-order chi connectivity index (χ0) is 13.9. The van der Waals surface area contributed by atoms with Gasteiger partial charge in [-0.15, -0.1) is 6.58 Å². The maximum Gasteiger partial charge on any atom is 0.0413 e. The highest BCUT2D eigenvalue weighted by Gasteiger charge is 2.15. The van der Waals surface area contributed by atoms with Crippen molar-refractivity contribution in [2.45, 2.75) is 26.2 Å². The first-order valence-corrected chi connectivity index (χ1v) is 6.60. The van der Waals surface area contributed by atoms with E-state index in [4.69, 9.17) is 0 Å². The number of aryl methyl sites for hydroxylation is 1. The highest BCUT2D eigenvalue weighted by Crippen LogP contribution is 2.27. The van der Waals surface area contributed by atoms with Crippen molar-refractivity contribution in [1.29, 1.82) is 0 Å². The van der Waals surface area contributed by atoms with Crippen LogP contribution in [-0.4, -0.2) is 0 Å². The van der Waals surface area contributed by atoms with E-state index in [2.05, 4.69) is 75.1 Å². The summed E-state index contributed by atoms with van der Waals surface area (Å²) in [5.41, 5.74) is 4.80. The minimum Gasteiger partial charge on any atom is -0.355 e. The Bertz CT molecular complexity index is 570. The zero-order valence-electron chi connectivity index (χ0n) is 11.9. The first kappa shape index (κ1) is 13.4. The molecule has 0 aliphatic rings. The predicted octanol–water partition coefficient (Wildman–Crippen LogP) is 5.45. The normalized spacial score (nSPS) is 11.1. The van der Waals surface area contributed by atoms with E-state index in [1.54, 1.807) is 0 Å². The minimum atomic E-state index is 0. The molecule has 0 bridgehead atoms. The standard InChI is InChI=1S/C18H21N.H2/c1-5-18(3,4)15-10-12-16(13-11-15)19-17-9-7-6-8-14(17)2;/h5-13,19H,1H2,2-4H3;1H. The Morgan fingerprint density at radius 2 is 1.68 bits per heavy atom. The van der Waals surface area contributed by atoms with Gasteiger partial charge in [0.05, 0.1) is 0 Å². The van der Waals surface area contributed by atoms with Crippen LogP contribution in [0.5, 0.6) is 0 Å². The Labute approximate surface area is 117 Å². The third-order valence-corrected chi connectivity index (χ3v) is 3.56. The van der Waals surface area contributed by atoms with Gasteiger partial charge in [-0.1, -0.05) is 50.3 Å². The van der Waals surface area contributed by atoms with Crippen molar-refractivity contribution >= 4 is 11.4 Å². The second kappa shape index (κ2) is 5.31. The van der Waals surface area contributed by atoms with E-state index in [1.165, 1.54) is 11.1 Å². The van der Waals surface area contributed by atoms with Crippen LogP contribution in [0.4, 0.5) is 11.4 Å². The second-order valence-corrected chi connectivity index (χ2v) is 5.44. The van der Waals surface area contributed by atoms with Gasteiger partial charge < -0.3 is 5.32 Å². The Hall–Kier alpha value is -2.02. The van der Waals surface area contributed by atoms with E-state index < -0.39 is 0 Å². The van der Waals surface area contributed by atoms with Crippen molar-refractivity contribution < 1.29 is 1.43 Å². The maximum absolute atomic E-state index is 3.89. The van der Waals surface area contributed by atoms with Gasteiger partial charge in [0.1, 0.15) is 0 Å². The molecule has 0 radical (unpaired) electrons. The van der Waals surface area contributed by atoms with Gasteiger partial charge >= 0.3 is 0 Å². The van der Waals surface area contributed by atoms with Crippen LogP contribution in [0, 0.1) is 6.92 Å². The quantitative estimate of drug-likeness (QED) is 0.714. The lowest BCUT2D eigenvalue weighted by atomic mass is 9.85. The molecule has 0 aliphatic heterocycles. The first-order valence-electron chi connectivity index (χ1n) is 6.60. The Morgan fingerprint density at radius 3 is 2.26 bits per heavy atom. The molecule has 2 aromatic rings. The van der Waals surface area contributed by atoms with Gasteiger partial charge in [-0.3, -0.25) is 0 Å². The van der Waals surface area contributed by atoms with Gasteiger partial charge in [0.25, 0.3) is 0 Å². The number of benzene rings is 2. The van der Waals surface area contributed by atoms with Crippen molar-refractivity contribution in [3.8, 4) is 0 Å². The largest absolute Gasteiger partial charge is 0.355 e. The third-order valence-electron chi connectivity index (χ3n) is 3.56. The highest BCUT2D eigenvalue weighted by molar-refractivity contribution is 5.63. The molecule has 0 saturated heterocycles. The summed E-state index contributed by atoms with van der Waals surface area (Å²) < 4.78 is 0. The molecule has 1 heteroatoms. The van der Waals surface area contributed by atoms with Gasteiger partial charge in [0.2, 0.25) is 0 Å². The summed E-state index contributed by atoms with van der Waals surface area (Å²) in [7, 11) is 0. The number of anilines is 2. The van der Waals surface area contributed by atoms with Gasteiger partial charge in [0, 0.05) is 18.2 Å². The summed E-state index contributed by atoms with van der Waals surface area (Å²) >= 11 is 0. The molecule has 0 heterocycles. The number of nitrogens with one attached hydrogen (secondary N) is 1. The lowest BCUT2D eigenvalue weighted by Crippen LogP contribution is -2.12. The van der Waals surface area contributed by atoms with Gasteiger partial charge in [-0.25, -0.2) is 0 Å². The number of rotatable bonds is 4. The molecular formula is C18H23N. The molecular weight excluding hydrogens is 230 g/mol. The van der Waals surface area contributed by atoms with Crippen molar-refractivity contribution in [2.75, 3.05) is 5.32 Å².